The molecule has 0 amide bonds. The Morgan fingerprint density at radius 2 is 1.87 bits per heavy atom. The summed E-state index contributed by atoms with van der Waals surface area (Å²) in [4.78, 5) is 4.14. The van der Waals surface area contributed by atoms with Crippen LogP contribution in [0.2, 0.25) is 0 Å². The van der Waals surface area contributed by atoms with Crippen LogP contribution in [-0.4, -0.2) is 4.98 Å². The van der Waals surface area contributed by atoms with Crippen LogP contribution in [0.25, 0.3) is 0 Å². The lowest BCUT2D eigenvalue weighted by atomic mass is 10.0. The zero-order valence-electron chi connectivity index (χ0n) is 8.40. The molecule has 1 aromatic heterocycles. The molecule has 0 aliphatic carbocycles. The molecule has 1 aromatic carbocycles. The van der Waals surface area contributed by atoms with Crippen LogP contribution in [-0.2, 0) is 13.0 Å². The van der Waals surface area contributed by atoms with Gasteiger partial charge in [-0.3, -0.25) is 4.98 Å². The maximum atomic E-state index is 4.14. The number of hydrogen-bond acceptors (Lipinski definition) is 2. The van der Waals surface area contributed by atoms with E-state index in [0.717, 1.165) is 18.7 Å². The number of rotatable bonds is 0. The van der Waals surface area contributed by atoms with E-state index >= 15 is 0 Å². The Bertz CT molecular complexity index is 446. The van der Waals surface area contributed by atoms with E-state index in [0.29, 0.717) is 0 Å². The summed E-state index contributed by atoms with van der Waals surface area (Å²) in [6, 6.07) is 10.7. The van der Waals surface area contributed by atoms with E-state index in [1.807, 2.05) is 12.4 Å². The van der Waals surface area contributed by atoms with Crippen molar-refractivity contribution in [3.63, 3.8) is 0 Å². The Kier molecular flexibility index (Phi) is 1.91. The molecule has 0 saturated carbocycles. The van der Waals surface area contributed by atoms with Crippen molar-refractivity contribution in [2.45, 2.75) is 13.0 Å². The lowest BCUT2D eigenvalue weighted by Gasteiger charge is -2.04. The predicted molar refractivity (Wildman–Crippen MR) is 60.8 cm³/mol. The van der Waals surface area contributed by atoms with Gasteiger partial charge in [-0.15, -0.1) is 0 Å². The predicted octanol–water partition coefficient (Wildman–Crippen LogP) is 2.60. The van der Waals surface area contributed by atoms with Crippen molar-refractivity contribution in [3.8, 4) is 0 Å². The fourth-order valence-electron chi connectivity index (χ4n) is 2.03. The summed E-state index contributed by atoms with van der Waals surface area (Å²) in [5, 5.41) is 3.42. The summed E-state index contributed by atoms with van der Waals surface area (Å²) in [7, 11) is 0. The van der Waals surface area contributed by atoms with E-state index in [4.69, 9.17) is 0 Å². The van der Waals surface area contributed by atoms with E-state index in [9.17, 15) is 0 Å². The maximum Gasteiger partial charge on any atom is 0.0565 e. The Morgan fingerprint density at radius 1 is 1.00 bits per heavy atom. The van der Waals surface area contributed by atoms with Crippen LogP contribution < -0.4 is 5.32 Å². The van der Waals surface area contributed by atoms with E-state index in [2.05, 4.69) is 40.6 Å². The highest BCUT2D eigenvalue weighted by atomic mass is 14.9. The van der Waals surface area contributed by atoms with Crippen molar-refractivity contribution in [3.05, 3.63) is 59.4 Å². The van der Waals surface area contributed by atoms with Crippen LogP contribution in [0, 0.1) is 0 Å². The largest absolute Gasteiger partial charge is 0.379 e. The third kappa shape index (κ3) is 1.48. The van der Waals surface area contributed by atoms with E-state index in [1.165, 1.54) is 16.7 Å². The summed E-state index contributed by atoms with van der Waals surface area (Å²) in [5.41, 5.74) is 5.28. The van der Waals surface area contributed by atoms with Crippen LogP contribution in [0.4, 0.5) is 5.69 Å². The van der Waals surface area contributed by atoms with Crippen LogP contribution in [0.15, 0.2) is 42.7 Å². The van der Waals surface area contributed by atoms with Crippen LogP contribution >= 0.6 is 0 Å². The SMILES string of the molecule is c1ccc2c(c1)CNc1cnccc1C2. The summed E-state index contributed by atoms with van der Waals surface area (Å²) >= 11 is 0. The van der Waals surface area contributed by atoms with E-state index in [1.54, 1.807) is 0 Å². The number of nitrogens with zero attached hydrogens (tertiary/aromatic N) is 1. The van der Waals surface area contributed by atoms with Gasteiger partial charge in [0, 0.05) is 12.7 Å². The van der Waals surface area contributed by atoms with Gasteiger partial charge in [0.05, 0.1) is 11.9 Å². The van der Waals surface area contributed by atoms with E-state index < -0.39 is 0 Å². The first-order valence-corrected chi connectivity index (χ1v) is 5.17. The fraction of sp³-hybridized carbons (Fsp3) is 0.154. The smallest absolute Gasteiger partial charge is 0.0565 e. The molecule has 0 atom stereocenters. The minimum Gasteiger partial charge on any atom is -0.379 e. The highest BCUT2D eigenvalue weighted by molar-refractivity contribution is 5.54. The van der Waals surface area contributed by atoms with Gasteiger partial charge in [-0.25, -0.2) is 0 Å². The first kappa shape index (κ1) is 8.48. The van der Waals surface area contributed by atoms with Crippen LogP contribution in [0.5, 0.6) is 0 Å². The normalized spacial score (nSPS) is 13.3. The summed E-state index contributed by atoms with van der Waals surface area (Å²) in [6.07, 6.45) is 4.76. The average molecular weight is 196 g/mol. The average Bonchev–Trinajstić information content (AvgIpc) is 2.48. The quantitative estimate of drug-likeness (QED) is 0.700. The lowest BCUT2D eigenvalue weighted by Crippen LogP contribution is -1.98. The van der Waals surface area contributed by atoms with Gasteiger partial charge in [0.2, 0.25) is 0 Å². The van der Waals surface area contributed by atoms with Crippen LogP contribution in [0.1, 0.15) is 16.7 Å². The van der Waals surface area contributed by atoms with Gasteiger partial charge < -0.3 is 5.32 Å². The van der Waals surface area contributed by atoms with Crippen molar-refractivity contribution in [2.24, 2.45) is 0 Å². The summed E-state index contributed by atoms with van der Waals surface area (Å²) in [5.74, 6) is 0. The molecule has 3 rings (SSSR count). The first-order chi connectivity index (χ1) is 7.43. The van der Waals surface area contributed by atoms with Crippen molar-refractivity contribution < 1.29 is 0 Å². The number of aromatic nitrogens is 1. The molecule has 2 aromatic rings. The van der Waals surface area contributed by atoms with Crippen molar-refractivity contribution in [2.75, 3.05) is 5.32 Å². The van der Waals surface area contributed by atoms with Gasteiger partial charge in [-0.05, 0) is 29.2 Å². The van der Waals surface area contributed by atoms with Gasteiger partial charge in [0.25, 0.3) is 0 Å². The van der Waals surface area contributed by atoms with Crippen molar-refractivity contribution in [1.29, 1.82) is 0 Å². The molecule has 0 radical (unpaired) electrons. The fourth-order valence-corrected chi connectivity index (χ4v) is 2.03. The molecule has 74 valence electrons. The Labute approximate surface area is 89.0 Å². The second-order valence-electron chi connectivity index (χ2n) is 3.83. The molecule has 0 spiro atoms. The molecule has 0 unspecified atom stereocenters. The van der Waals surface area contributed by atoms with Crippen molar-refractivity contribution in [1.82, 2.24) is 4.98 Å². The highest BCUT2D eigenvalue weighted by Crippen LogP contribution is 2.24. The molecule has 1 N–H and O–H groups in total. The van der Waals surface area contributed by atoms with Crippen molar-refractivity contribution >= 4 is 5.69 Å². The number of anilines is 1. The molecule has 1 aliphatic rings. The minimum absolute atomic E-state index is 0.898. The molecule has 2 nitrogen and oxygen atoms in total. The van der Waals surface area contributed by atoms with Gasteiger partial charge >= 0.3 is 0 Å². The van der Waals surface area contributed by atoms with E-state index in [-0.39, 0.29) is 0 Å². The molecule has 15 heavy (non-hydrogen) atoms. The number of hydrogen-bond donors (Lipinski definition) is 1. The third-order valence-electron chi connectivity index (χ3n) is 2.88. The van der Waals surface area contributed by atoms with Crippen LogP contribution in [0.3, 0.4) is 0 Å². The Balaban J connectivity index is 2.10. The molecular formula is C13H12N2. The Hall–Kier alpha value is -1.83. The standard InChI is InChI=1S/C13H12N2/c1-2-4-12-8-15-13-9-14-6-5-11(13)7-10(12)3-1/h1-6,9,15H,7-8H2. The van der Waals surface area contributed by atoms with Gasteiger partial charge in [-0.2, -0.15) is 0 Å². The number of nitrogens with one attached hydrogen (secondary N) is 1. The molecular weight excluding hydrogens is 184 g/mol. The summed E-state index contributed by atoms with van der Waals surface area (Å²) in [6.45, 7) is 0.898. The van der Waals surface area contributed by atoms with Gasteiger partial charge in [0.15, 0.2) is 0 Å². The Morgan fingerprint density at radius 3 is 2.80 bits per heavy atom. The third-order valence-corrected chi connectivity index (χ3v) is 2.88. The molecule has 2 heteroatoms. The van der Waals surface area contributed by atoms with Gasteiger partial charge in [-0.1, -0.05) is 24.3 Å². The molecule has 0 bridgehead atoms. The zero-order valence-corrected chi connectivity index (χ0v) is 8.40. The number of fused-ring (bicyclic) bond motifs is 2. The second kappa shape index (κ2) is 3.39. The molecule has 0 saturated heterocycles. The lowest BCUT2D eigenvalue weighted by molar-refractivity contribution is 1.12. The topological polar surface area (TPSA) is 24.9 Å². The monoisotopic (exact) mass is 196 g/mol. The summed E-state index contributed by atoms with van der Waals surface area (Å²) < 4.78 is 0. The highest BCUT2D eigenvalue weighted by Gasteiger charge is 2.11. The first-order valence-electron chi connectivity index (χ1n) is 5.17. The minimum atomic E-state index is 0.898. The molecule has 1 aliphatic heterocycles. The molecule has 2 heterocycles. The maximum absolute atomic E-state index is 4.14. The molecule has 0 fully saturated rings. The second-order valence-corrected chi connectivity index (χ2v) is 3.83. The van der Waals surface area contributed by atoms with Gasteiger partial charge in [0.1, 0.15) is 0 Å². The number of benzene rings is 1. The zero-order chi connectivity index (χ0) is 10.1. The number of pyridine rings is 1.